The van der Waals surface area contributed by atoms with Crippen molar-refractivity contribution in [2.24, 2.45) is 0 Å². The Morgan fingerprint density at radius 1 is 1.33 bits per heavy atom. The van der Waals surface area contributed by atoms with Gasteiger partial charge in [0, 0.05) is 13.0 Å². The maximum absolute atomic E-state index is 10.7. The van der Waals surface area contributed by atoms with Gasteiger partial charge in [0.05, 0.1) is 5.54 Å². The number of carbonyl (C=O) groups excluding carboxylic acids is 1. The first kappa shape index (κ1) is 14.2. The lowest BCUT2D eigenvalue weighted by Crippen LogP contribution is -2.41. The van der Waals surface area contributed by atoms with Gasteiger partial charge in [-0.05, 0) is 39.7 Å². The Morgan fingerprint density at radius 3 is 2.13 bits per heavy atom. The lowest BCUT2D eigenvalue weighted by molar-refractivity contribution is -0.111. The van der Waals surface area contributed by atoms with Gasteiger partial charge in [0.1, 0.15) is 0 Å². The molecule has 0 spiro atoms. The molecule has 1 aliphatic carbocycles. The summed E-state index contributed by atoms with van der Waals surface area (Å²) in [5.41, 5.74) is -0.174. The van der Waals surface area contributed by atoms with E-state index in [-0.39, 0.29) is 11.3 Å². The Balaban J connectivity index is 0.000000921. The fourth-order valence-corrected chi connectivity index (χ4v) is 1.25. The molecule has 0 unspecified atom stereocenters. The van der Waals surface area contributed by atoms with Gasteiger partial charge in [0.2, 0.25) is 5.78 Å². The van der Waals surface area contributed by atoms with E-state index in [1.54, 1.807) is 0 Å². The van der Waals surface area contributed by atoms with Gasteiger partial charge in [0.15, 0.2) is 0 Å². The molecule has 0 aliphatic heterocycles. The van der Waals surface area contributed by atoms with Crippen LogP contribution in [0.3, 0.4) is 0 Å². The molecule has 1 rings (SSSR count). The largest absolute Gasteiger partial charge is 0.288 e. The molecule has 0 heterocycles. The highest BCUT2D eigenvalue weighted by Crippen LogP contribution is 2.30. The third-order valence-electron chi connectivity index (χ3n) is 2.52. The first-order valence-electron chi connectivity index (χ1n) is 5.70. The van der Waals surface area contributed by atoms with Crippen molar-refractivity contribution in [1.29, 1.82) is 0 Å². The van der Waals surface area contributed by atoms with E-state index >= 15 is 0 Å². The Hall–Kier alpha value is -0.810. The highest BCUT2D eigenvalue weighted by atomic mass is 16.1. The Morgan fingerprint density at radius 2 is 1.80 bits per heavy atom. The molecule has 0 radical (unpaired) electrons. The highest BCUT2D eigenvalue weighted by molar-refractivity contribution is 5.93. The van der Waals surface area contributed by atoms with Gasteiger partial charge in [-0.25, -0.2) is 0 Å². The fraction of sp³-hybridized carbons (Fsp3) is 0.769. The average molecular weight is 209 g/mol. The second-order valence-electron chi connectivity index (χ2n) is 4.21. The zero-order valence-corrected chi connectivity index (χ0v) is 10.8. The summed E-state index contributed by atoms with van der Waals surface area (Å²) in [7, 11) is 2.08. The minimum atomic E-state index is -0.174. The van der Waals surface area contributed by atoms with E-state index in [2.05, 4.69) is 37.6 Å². The second kappa shape index (κ2) is 5.92. The number of nitrogens with zero attached hydrogens (tertiary/aromatic N) is 1. The first-order valence-corrected chi connectivity index (χ1v) is 5.70. The third-order valence-corrected chi connectivity index (χ3v) is 2.52. The van der Waals surface area contributed by atoms with Crippen LogP contribution < -0.4 is 0 Å². The molecule has 0 aromatic carbocycles. The number of Topliss-reactive ketones (excluding diaryl/α,β-unsaturated/α-hetero) is 1. The summed E-state index contributed by atoms with van der Waals surface area (Å²) in [5, 5.41) is 0. The molecular formula is C13H23NO. The maximum Gasteiger partial charge on any atom is 0.202 e. The van der Waals surface area contributed by atoms with Gasteiger partial charge in [-0.3, -0.25) is 9.69 Å². The van der Waals surface area contributed by atoms with Crippen molar-refractivity contribution in [3.63, 3.8) is 0 Å². The lowest BCUT2D eigenvalue weighted by Gasteiger charge is -2.30. The van der Waals surface area contributed by atoms with Gasteiger partial charge >= 0.3 is 0 Å². The van der Waals surface area contributed by atoms with Crippen LogP contribution in [0, 0.1) is 11.8 Å². The topological polar surface area (TPSA) is 20.3 Å². The molecule has 86 valence electrons. The zero-order chi connectivity index (χ0) is 12.1. The molecule has 0 bridgehead atoms. The fourth-order valence-electron chi connectivity index (χ4n) is 1.25. The highest BCUT2D eigenvalue weighted by Gasteiger charge is 2.34. The van der Waals surface area contributed by atoms with Crippen LogP contribution in [-0.4, -0.2) is 29.3 Å². The molecule has 0 aromatic rings. The Labute approximate surface area is 94.0 Å². The molecule has 0 saturated heterocycles. The van der Waals surface area contributed by atoms with Crippen molar-refractivity contribution < 1.29 is 4.79 Å². The molecular weight excluding hydrogens is 186 g/mol. The smallest absolute Gasteiger partial charge is 0.202 e. The SMILES string of the molecule is CC.CC(=O)C#CC(C)(C)N(C)C1CC1. The molecule has 1 fully saturated rings. The molecule has 0 amide bonds. The Bertz CT molecular complexity index is 266. The molecule has 0 aromatic heterocycles. The van der Waals surface area contributed by atoms with Crippen LogP contribution >= 0.6 is 0 Å². The summed E-state index contributed by atoms with van der Waals surface area (Å²) in [6.45, 7) is 9.61. The Kier molecular flexibility index (Phi) is 5.60. The first-order chi connectivity index (χ1) is 6.93. The van der Waals surface area contributed by atoms with Crippen LogP contribution in [0.5, 0.6) is 0 Å². The van der Waals surface area contributed by atoms with Crippen molar-refractivity contribution in [3.05, 3.63) is 0 Å². The van der Waals surface area contributed by atoms with Gasteiger partial charge in [-0.2, -0.15) is 0 Å². The van der Waals surface area contributed by atoms with Crippen molar-refractivity contribution in [2.75, 3.05) is 7.05 Å². The van der Waals surface area contributed by atoms with Gasteiger partial charge < -0.3 is 0 Å². The van der Waals surface area contributed by atoms with Crippen molar-refractivity contribution in [1.82, 2.24) is 4.90 Å². The maximum atomic E-state index is 10.7. The summed E-state index contributed by atoms with van der Waals surface area (Å²) < 4.78 is 0. The third kappa shape index (κ3) is 4.99. The molecule has 0 atom stereocenters. The molecule has 0 N–H and O–H groups in total. The number of ketones is 1. The van der Waals surface area contributed by atoms with Crippen LogP contribution in [0.15, 0.2) is 0 Å². The predicted molar refractivity (Wildman–Crippen MR) is 64.7 cm³/mol. The minimum Gasteiger partial charge on any atom is -0.288 e. The molecule has 2 heteroatoms. The summed E-state index contributed by atoms with van der Waals surface area (Å²) in [6, 6.07) is 0.677. The van der Waals surface area contributed by atoms with Crippen LogP contribution in [0.4, 0.5) is 0 Å². The van der Waals surface area contributed by atoms with E-state index in [1.807, 2.05) is 13.8 Å². The van der Waals surface area contributed by atoms with Crippen LogP contribution in [-0.2, 0) is 4.79 Å². The summed E-state index contributed by atoms with van der Waals surface area (Å²) >= 11 is 0. The van der Waals surface area contributed by atoms with E-state index in [0.717, 1.165) is 0 Å². The van der Waals surface area contributed by atoms with E-state index in [0.29, 0.717) is 6.04 Å². The second-order valence-corrected chi connectivity index (χ2v) is 4.21. The number of hydrogen-bond acceptors (Lipinski definition) is 2. The van der Waals surface area contributed by atoms with Crippen molar-refractivity contribution in [3.8, 4) is 11.8 Å². The number of rotatable bonds is 2. The lowest BCUT2D eigenvalue weighted by atomic mass is 10.0. The van der Waals surface area contributed by atoms with Gasteiger partial charge in [0.25, 0.3) is 0 Å². The molecule has 2 nitrogen and oxygen atoms in total. The minimum absolute atomic E-state index is 0.0581. The monoisotopic (exact) mass is 209 g/mol. The average Bonchev–Trinajstić information content (AvgIpc) is 3.00. The van der Waals surface area contributed by atoms with Crippen molar-refractivity contribution in [2.45, 2.75) is 59.0 Å². The quantitative estimate of drug-likeness (QED) is 0.514. The standard InChI is InChI=1S/C11H17NO.C2H6/c1-9(13)7-8-11(2,3)12(4)10-5-6-10;1-2/h10H,5-6H2,1-4H3;1-2H3. The summed E-state index contributed by atoms with van der Waals surface area (Å²) in [6.07, 6.45) is 2.53. The van der Waals surface area contributed by atoms with E-state index in [9.17, 15) is 4.79 Å². The van der Waals surface area contributed by atoms with Crippen LogP contribution in [0.1, 0.15) is 47.5 Å². The van der Waals surface area contributed by atoms with Crippen LogP contribution in [0.25, 0.3) is 0 Å². The van der Waals surface area contributed by atoms with Crippen molar-refractivity contribution >= 4 is 5.78 Å². The number of carbonyl (C=O) groups is 1. The number of hydrogen-bond donors (Lipinski definition) is 0. The summed E-state index contributed by atoms with van der Waals surface area (Å²) in [5.74, 6) is 5.57. The molecule has 1 saturated carbocycles. The van der Waals surface area contributed by atoms with Gasteiger partial charge in [-0.1, -0.05) is 19.8 Å². The van der Waals surface area contributed by atoms with Crippen LogP contribution in [0.2, 0.25) is 0 Å². The normalized spacial score (nSPS) is 14.9. The molecule has 15 heavy (non-hydrogen) atoms. The molecule has 1 aliphatic rings. The summed E-state index contributed by atoms with van der Waals surface area (Å²) in [4.78, 5) is 13.0. The van der Waals surface area contributed by atoms with Gasteiger partial charge in [-0.15, -0.1) is 0 Å². The van der Waals surface area contributed by atoms with E-state index in [1.165, 1.54) is 19.8 Å². The predicted octanol–water partition coefficient (Wildman–Crippen LogP) is 2.48. The van der Waals surface area contributed by atoms with E-state index < -0.39 is 0 Å². The van der Waals surface area contributed by atoms with E-state index in [4.69, 9.17) is 0 Å². The zero-order valence-electron chi connectivity index (χ0n) is 10.8.